The lowest BCUT2D eigenvalue weighted by molar-refractivity contribution is 0.580. The number of hydrogen-bond acceptors (Lipinski definition) is 6. The molecular weight excluding hydrogens is 292 g/mol. The minimum Gasteiger partial charge on any atom is -0.381 e. The number of anilines is 1. The smallest absolute Gasteiger partial charge is 0.246 e. The van der Waals surface area contributed by atoms with E-state index in [1.807, 2.05) is 0 Å². The summed E-state index contributed by atoms with van der Waals surface area (Å²) in [6, 6.07) is 0. The Balaban J connectivity index is 2.89. The van der Waals surface area contributed by atoms with E-state index in [9.17, 15) is 16.8 Å². The van der Waals surface area contributed by atoms with Gasteiger partial charge in [-0.2, -0.15) is 5.10 Å². The second-order valence-corrected chi connectivity index (χ2v) is 8.23. The number of nitrogen functional groups attached to an aromatic ring is 1. The highest BCUT2D eigenvalue weighted by Crippen LogP contribution is 2.20. The Morgan fingerprint density at radius 2 is 1.89 bits per heavy atom. The van der Waals surface area contributed by atoms with Crippen molar-refractivity contribution < 1.29 is 16.8 Å². The van der Waals surface area contributed by atoms with Crippen LogP contribution in [0.25, 0.3) is 0 Å². The van der Waals surface area contributed by atoms with Crippen LogP contribution in [0.4, 0.5) is 5.82 Å². The third-order valence-electron chi connectivity index (χ3n) is 2.72. The second-order valence-electron chi connectivity index (χ2n) is 4.06. The zero-order chi connectivity index (χ0) is 14.8. The van der Waals surface area contributed by atoms with Crippen LogP contribution >= 0.6 is 0 Å². The summed E-state index contributed by atoms with van der Waals surface area (Å²) in [5.41, 5.74) is 5.93. The molecule has 110 valence electrons. The molecule has 0 radical (unpaired) electrons. The van der Waals surface area contributed by atoms with Crippen molar-refractivity contribution in [2.24, 2.45) is 7.05 Å². The Morgan fingerprint density at radius 1 is 1.32 bits per heavy atom. The number of hydrogen-bond donors (Lipinski definition) is 2. The maximum Gasteiger partial charge on any atom is 0.246 e. The van der Waals surface area contributed by atoms with Gasteiger partial charge in [0, 0.05) is 19.3 Å². The SMILES string of the molecule is CCS(=O)(=O)CCNS(=O)(=O)c1c(N)nn(C)c1C. The molecule has 10 heteroatoms. The standard InChI is InChI=1S/C9H18N4O4S2/c1-4-18(14,15)6-5-11-19(16,17)8-7(2)13(3)12-9(8)10/h11H,4-6H2,1-3H3,(H2,10,12). The van der Waals surface area contributed by atoms with Crippen molar-refractivity contribution in [3.05, 3.63) is 5.69 Å². The van der Waals surface area contributed by atoms with Gasteiger partial charge in [-0.1, -0.05) is 6.92 Å². The van der Waals surface area contributed by atoms with E-state index in [0.717, 1.165) is 0 Å². The Hall–Kier alpha value is -1.13. The van der Waals surface area contributed by atoms with E-state index in [1.165, 1.54) is 11.6 Å². The van der Waals surface area contributed by atoms with Crippen LogP contribution in [0.5, 0.6) is 0 Å². The van der Waals surface area contributed by atoms with Crippen LogP contribution in [0.3, 0.4) is 0 Å². The van der Waals surface area contributed by atoms with E-state index in [1.54, 1.807) is 14.0 Å². The fraction of sp³-hybridized carbons (Fsp3) is 0.667. The Kier molecular flexibility index (Phi) is 4.59. The van der Waals surface area contributed by atoms with Crippen LogP contribution in [-0.2, 0) is 26.9 Å². The number of aryl methyl sites for hydroxylation is 1. The first-order valence-electron chi connectivity index (χ1n) is 5.60. The lowest BCUT2D eigenvalue weighted by Gasteiger charge is -2.06. The maximum atomic E-state index is 12.0. The second kappa shape index (κ2) is 5.47. The van der Waals surface area contributed by atoms with Crippen molar-refractivity contribution >= 4 is 25.7 Å². The number of nitrogens with two attached hydrogens (primary N) is 1. The molecule has 0 aliphatic heterocycles. The van der Waals surface area contributed by atoms with Gasteiger partial charge in [0.25, 0.3) is 0 Å². The molecule has 0 aromatic carbocycles. The van der Waals surface area contributed by atoms with Crippen LogP contribution in [0.1, 0.15) is 12.6 Å². The molecule has 0 amide bonds. The molecule has 1 aromatic rings. The van der Waals surface area contributed by atoms with Gasteiger partial charge in [-0.05, 0) is 6.92 Å². The van der Waals surface area contributed by atoms with Crippen molar-refractivity contribution in [3.63, 3.8) is 0 Å². The summed E-state index contributed by atoms with van der Waals surface area (Å²) < 4.78 is 50.2. The predicted molar refractivity (Wildman–Crippen MR) is 71.9 cm³/mol. The molecule has 0 bridgehead atoms. The molecule has 0 unspecified atom stereocenters. The van der Waals surface area contributed by atoms with Gasteiger partial charge in [0.15, 0.2) is 15.7 Å². The minimum atomic E-state index is -3.85. The molecular formula is C9H18N4O4S2. The zero-order valence-electron chi connectivity index (χ0n) is 11.0. The topological polar surface area (TPSA) is 124 Å². The normalized spacial score (nSPS) is 12.8. The molecule has 1 aromatic heterocycles. The monoisotopic (exact) mass is 310 g/mol. The summed E-state index contributed by atoms with van der Waals surface area (Å²) in [6.07, 6.45) is 0. The Bertz CT molecular complexity index is 661. The average molecular weight is 310 g/mol. The number of rotatable bonds is 6. The van der Waals surface area contributed by atoms with Gasteiger partial charge in [0.2, 0.25) is 10.0 Å². The lowest BCUT2D eigenvalue weighted by atomic mass is 10.5. The fourth-order valence-corrected chi connectivity index (χ4v) is 3.68. The Morgan fingerprint density at radius 3 is 2.32 bits per heavy atom. The van der Waals surface area contributed by atoms with E-state index in [-0.39, 0.29) is 28.8 Å². The van der Waals surface area contributed by atoms with Crippen LogP contribution in [0.15, 0.2) is 4.90 Å². The number of aromatic nitrogens is 2. The van der Waals surface area contributed by atoms with E-state index >= 15 is 0 Å². The van der Waals surface area contributed by atoms with Crippen LogP contribution in [-0.4, -0.2) is 44.7 Å². The van der Waals surface area contributed by atoms with Crippen LogP contribution in [0.2, 0.25) is 0 Å². The molecule has 1 heterocycles. The molecule has 0 saturated heterocycles. The van der Waals surface area contributed by atoms with Gasteiger partial charge in [0.05, 0.1) is 11.4 Å². The van der Waals surface area contributed by atoms with Gasteiger partial charge < -0.3 is 5.73 Å². The van der Waals surface area contributed by atoms with Crippen LogP contribution in [0, 0.1) is 6.92 Å². The average Bonchev–Trinajstić information content (AvgIpc) is 2.52. The van der Waals surface area contributed by atoms with Gasteiger partial charge in [-0.25, -0.2) is 21.6 Å². The molecule has 0 fully saturated rings. The summed E-state index contributed by atoms with van der Waals surface area (Å²) >= 11 is 0. The minimum absolute atomic E-state index is 0.0250. The lowest BCUT2D eigenvalue weighted by Crippen LogP contribution is -2.30. The quantitative estimate of drug-likeness (QED) is 0.696. The van der Waals surface area contributed by atoms with Gasteiger partial charge in [0.1, 0.15) is 4.90 Å². The number of nitrogens with zero attached hydrogens (tertiary/aromatic N) is 2. The molecule has 3 N–H and O–H groups in total. The highest BCUT2D eigenvalue weighted by atomic mass is 32.2. The van der Waals surface area contributed by atoms with E-state index < -0.39 is 19.9 Å². The van der Waals surface area contributed by atoms with E-state index in [2.05, 4.69) is 9.82 Å². The van der Waals surface area contributed by atoms with Gasteiger partial charge in [-0.15, -0.1) is 0 Å². The summed E-state index contributed by atoms with van der Waals surface area (Å²) in [5.74, 6) is -0.379. The van der Waals surface area contributed by atoms with Crippen molar-refractivity contribution in [2.45, 2.75) is 18.7 Å². The predicted octanol–water partition coefficient (Wildman–Crippen LogP) is -0.976. The van der Waals surface area contributed by atoms with Crippen molar-refractivity contribution in [2.75, 3.05) is 23.8 Å². The number of sulfone groups is 1. The zero-order valence-corrected chi connectivity index (χ0v) is 12.7. The molecule has 1 rings (SSSR count). The Labute approximate surface area is 113 Å². The molecule has 0 spiro atoms. The molecule has 8 nitrogen and oxygen atoms in total. The first-order valence-corrected chi connectivity index (χ1v) is 8.90. The van der Waals surface area contributed by atoms with Gasteiger partial charge in [-0.3, -0.25) is 4.68 Å². The van der Waals surface area contributed by atoms with Gasteiger partial charge >= 0.3 is 0 Å². The third-order valence-corrected chi connectivity index (χ3v) is 6.05. The highest BCUT2D eigenvalue weighted by molar-refractivity contribution is 7.91. The van der Waals surface area contributed by atoms with Crippen molar-refractivity contribution in [1.29, 1.82) is 0 Å². The highest BCUT2D eigenvalue weighted by Gasteiger charge is 2.24. The first-order chi connectivity index (χ1) is 8.60. The molecule has 0 aliphatic rings. The summed E-state index contributed by atoms with van der Waals surface area (Å²) in [7, 11) is -5.50. The largest absolute Gasteiger partial charge is 0.381 e. The number of nitrogens with one attached hydrogen (secondary N) is 1. The maximum absolute atomic E-state index is 12.0. The van der Waals surface area contributed by atoms with Crippen molar-refractivity contribution in [3.8, 4) is 0 Å². The molecule has 0 aliphatic carbocycles. The summed E-state index contributed by atoms with van der Waals surface area (Å²) in [5, 5.41) is 3.81. The molecule has 19 heavy (non-hydrogen) atoms. The summed E-state index contributed by atoms with van der Waals surface area (Å²) in [6.45, 7) is 2.89. The molecule has 0 atom stereocenters. The number of sulfonamides is 1. The fourth-order valence-electron chi connectivity index (χ4n) is 1.49. The van der Waals surface area contributed by atoms with E-state index in [4.69, 9.17) is 5.73 Å². The van der Waals surface area contributed by atoms with Crippen molar-refractivity contribution in [1.82, 2.24) is 14.5 Å². The first kappa shape index (κ1) is 15.9. The third kappa shape index (κ3) is 3.67. The molecule has 0 saturated carbocycles. The van der Waals surface area contributed by atoms with E-state index in [0.29, 0.717) is 5.69 Å². The summed E-state index contributed by atoms with van der Waals surface area (Å²) in [4.78, 5) is -0.108. The van der Waals surface area contributed by atoms with Crippen LogP contribution < -0.4 is 10.5 Å².